The lowest BCUT2D eigenvalue weighted by Gasteiger charge is -2.18. The summed E-state index contributed by atoms with van der Waals surface area (Å²) in [5.74, 6) is -4.37. The zero-order chi connectivity index (χ0) is 25.3. The van der Waals surface area contributed by atoms with Crippen molar-refractivity contribution >= 4 is 45.5 Å². The molecule has 184 valence electrons. The van der Waals surface area contributed by atoms with Gasteiger partial charge >= 0.3 is 11.9 Å². The van der Waals surface area contributed by atoms with E-state index in [4.69, 9.17) is 10.2 Å². The van der Waals surface area contributed by atoms with Crippen LogP contribution in [0.25, 0.3) is 0 Å². The number of sulfonamides is 1. The van der Waals surface area contributed by atoms with Gasteiger partial charge in [-0.3, -0.25) is 9.59 Å². The van der Waals surface area contributed by atoms with E-state index < -0.39 is 57.6 Å². The lowest BCUT2D eigenvalue weighted by atomic mass is 9.98. The van der Waals surface area contributed by atoms with Gasteiger partial charge in [0.1, 0.15) is 17.6 Å². The van der Waals surface area contributed by atoms with Crippen LogP contribution in [0.2, 0.25) is 0 Å². The predicted molar refractivity (Wildman–Crippen MR) is 121 cm³/mol. The third kappa shape index (κ3) is 7.64. The minimum atomic E-state index is -4.02. The molecule has 1 amide bonds. The number of carbonyl (C=O) groups excluding carboxylic acids is 2. The molecule has 0 aliphatic rings. The van der Waals surface area contributed by atoms with Crippen LogP contribution >= 0.6 is 11.3 Å². The molecular formula is C21H24N2O9S2. The van der Waals surface area contributed by atoms with Crippen molar-refractivity contribution in [3.8, 4) is 5.75 Å². The summed E-state index contributed by atoms with van der Waals surface area (Å²) in [5, 5.41) is 31.6. The highest BCUT2D eigenvalue weighted by molar-refractivity contribution is 7.89. The highest BCUT2D eigenvalue weighted by Gasteiger charge is 2.25. The molecule has 0 radical (unpaired) electrons. The normalized spacial score (nSPS) is 13.1. The molecule has 1 aromatic heterocycles. The third-order valence-corrected chi connectivity index (χ3v) is 7.25. The minimum absolute atomic E-state index is 0.0143. The van der Waals surface area contributed by atoms with Crippen LogP contribution in [0.5, 0.6) is 5.75 Å². The fourth-order valence-electron chi connectivity index (χ4n) is 3.11. The maximum atomic E-state index is 12.7. The summed E-state index contributed by atoms with van der Waals surface area (Å²) < 4.78 is 27.2. The smallest absolute Gasteiger partial charge is 0.339 e. The molecular weight excluding hydrogens is 488 g/mol. The summed E-state index contributed by atoms with van der Waals surface area (Å²) in [4.78, 5) is 46.1. The van der Waals surface area contributed by atoms with E-state index in [2.05, 4.69) is 10.0 Å². The number of phenols is 1. The van der Waals surface area contributed by atoms with Crippen LogP contribution in [0.4, 0.5) is 0 Å². The molecule has 34 heavy (non-hydrogen) atoms. The summed E-state index contributed by atoms with van der Waals surface area (Å²) in [6, 6.07) is 5.28. The largest absolute Gasteiger partial charge is 0.507 e. The first-order valence-corrected chi connectivity index (χ1v) is 12.5. The molecule has 0 aliphatic carbocycles. The van der Waals surface area contributed by atoms with Gasteiger partial charge in [-0.2, -0.15) is 0 Å². The Kier molecular flexibility index (Phi) is 9.71. The lowest BCUT2D eigenvalue weighted by molar-refractivity contribution is -0.138. The van der Waals surface area contributed by atoms with E-state index >= 15 is 0 Å². The van der Waals surface area contributed by atoms with Gasteiger partial charge in [0.25, 0.3) is 0 Å². The van der Waals surface area contributed by atoms with Crippen molar-refractivity contribution < 1.29 is 42.9 Å². The predicted octanol–water partition coefficient (Wildman–Crippen LogP) is 1.54. The quantitative estimate of drug-likeness (QED) is 0.185. The number of hydrogen-bond donors (Lipinski definition) is 5. The van der Waals surface area contributed by atoms with Crippen LogP contribution in [0.15, 0.2) is 40.6 Å². The van der Waals surface area contributed by atoms with Gasteiger partial charge in [-0.05, 0) is 42.5 Å². The van der Waals surface area contributed by atoms with Crippen molar-refractivity contribution in [3.05, 3.63) is 46.2 Å². The van der Waals surface area contributed by atoms with E-state index in [0.29, 0.717) is 25.5 Å². The molecule has 0 aliphatic heterocycles. The summed E-state index contributed by atoms with van der Waals surface area (Å²) in [7, 11) is -4.02. The molecule has 13 heteroatoms. The minimum Gasteiger partial charge on any atom is -0.507 e. The first-order chi connectivity index (χ1) is 16.0. The topological polar surface area (TPSA) is 187 Å². The number of carboxylic acid groups (broad SMARTS) is 2. The van der Waals surface area contributed by atoms with Crippen molar-refractivity contribution in [2.45, 2.75) is 42.5 Å². The Morgan fingerprint density at radius 3 is 2.44 bits per heavy atom. The van der Waals surface area contributed by atoms with E-state index in [-0.39, 0.29) is 11.4 Å². The van der Waals surface area contributed by atoms with E-state index in [1.165, 1.54) is 11.3 Å². The first kappa shape index (κ1) is 27.0. The lowest BCUT2D eigenvalue weighted by Crippen LogP contribution is -2.40. The molecule has 2 atom stereocenters. The molecule has 1 heterocycles. The van der Waals surface area contributed by atoms with Crippen molar-refractivity contribution in [1.29, 1.82) is 0 Å². The Morgan fingerprint density at radius 2 is 1.85 bits per heavy atom. The second-order valence-electron chi connectivity index (χ2n) is 7.29. The summed E-state index contributed by atoms with van der Waals surface area (Å²) in [6.45, 7) is 0.0143. The number of thiophene rings is 1. The number of unbranched alkanes of at least 4 members (excludes halogenated alkanes) is 1. The number of carbonyl (C=O) groups is 4. The zero-order valence-corrected chi connectivity index (χ0v) is 19.5. The number of aldehydes is 1. The third-order valence-electron chi connectivity index (χ3n) is 4.81. The van der Waals surface area contributed by atoms with E-state index in [9.17, 15) is 32.7 Å². The van der Waals surface area contributed by atoms with Crippen LogP contribution in [-0.4, -0.2) is 60.5 Å². The number of hydrogen-bond acceptors (Lipinski definition) is 8. The number of carboxylic acids is 2. The van der Waals surface area contributed by atoms with E-state index in [1.54, 1.807) is 17.5 Å². The van der Waals surface area contributed by atoms with E-state index in [0.717, 1.165) is 23.1 Å². The van der Waals surface area contributed by atoms with Gasteiger partial charge in [-0.1, -0.05) is 12.5 Å². The van der Waals surface area contributed by atoms with Gasteiger partial charge in [-0.15, -0.1) is 11.3 Å². The standard InChI is InChI=1S/C21H24N2O9S2/c24-12-13(10-19(26)27)23-20(28)15(18-5-3-9-33-18)4-1-2-8-22-34(31,32)14-6-7-17(25)16(11-14)21(29)30/h3,5-7,9,11-13,15,22,25H,1-2,4,8,10H2,(H,23,28)(H,26,27)(H,29,30)/t13-,15?/m1/s1. The van der Waals surface area contributed by atoms with Crippen LogP contribution in [0, 0.1) is 0 Å². The Hall–Kier alpha value is -3.29. The van der Waals surface area contributed by atoms with Crippen molar-refractivity contribution in [3.63, 3.8) is 0 Å². The zero-order valence-electron chi connectivity index (χ0n) is 17.8. The summed E-state index contributed by atoms with van der Waals surface area (Å²) in [6.07, 6.45) is 0.944. The van der Waals surface area contributed by atoms with Crippen LogP contribution in [0.3, 0.4) is 0 Å². The van der Waals surface area contributed by atoms with Crippen molar-refractivity contribution in [2.24, 2.45) is 0 Å². The molecule has 2 aromatic rings. The molecule has 0 fully saturated rings. The maximum Gasteiger partial charge on any atom is 0.339 e. The average Bonchev–Trinajstić information content (AvgIpc) is 3.29. The molecule has 1 aromatic carbocycles. The first-order valence-electron chi connectivity index (χ1n) is 10.1. The van der Waals surface area contributed by atoms with Crippen LogP contribution in [-0.2, 0) is 24.4 Å². The number of nitrogens with one attached hydrogen (secondary N) is 2. The van der Waals surface area contributed by atoms with Gasteiger partial charge < -0.3 is 25.4 Å². The van der Waals surface area contributed by atoms with Gasteiger partial charge in [0.2, 0.25) is 15.9 Å². The number of aromatic hydroxyl groups is 1. The number of benzene rings is 1. The van der Waals surface area contributed by atoms with Crippen molar-refractivity contribution in [1.82, 2.24) is 10.0 Å². The van der Waals surface area contributed by atoms with Gasteiger partial charge in [0, 0.05) is 11.4 Å². The molecule has 0 bridgehead atoms. The fourth-order valence-corrected chi connectivity index (χ4v) is 5.07. The Bertz CT molecular complexity index is 1130. The highest BCUT2D eigenvalue weighted by Crippen LogP contribution is 2.27. The molecule has 1 unspecified atom stereocenters. The van der Waals surface area contributed by atoms with Crippen LogP contribution in [0.1, 0.15) is 46.8 Å². The molecule has 0 spiro atoms. The molecule has 0 saturated carbocycles. The second-order valence-corrected chi connectivity index (χ2v) is 10.0. The maximum absolute atomic E-state index is 12.7. The second kappa shape index (κ2) is 12.3. The summed E-state index contributed by atoms with van der Waals surface area (Å²) in [5.41, 5.74) is -0.538. The monoisotopic (exact) mass is 512 g/mol. The molecule has 5 N–H and O–H groups in total. The molecule has 0 saturated heterocycles. The average molecular weight is 513 g/mol. The Balaban J connectivity index is 1.95. The summed E-state index contributed by atoms with van der Waals surface area (Å²) >= 11 is 1.33. The number of rotatable bonds is 14. The Morgan fingerprint density at radius 1 is 1.12 bits per heavy atom. The van der Waals surface area contributed by atoms with Gasteiger partial charge in [-0.25, -0.2) is 17.9 Å². The SMILES string of the molecule is O=C[C@@H](CC(=O)O)NC(=O)C(CCCCNS(=O)(=O)c1ccc(O)c(C(=O)O)c1)c1cccs1. The number of amides is 1. The number of aromatic carboxylic acids is 1. The molecule has 2 rings (SSSR count). The van der Waals surface area contributed by atoms with Crippen molar-refractivity contribution in [2.75, 3.05) is 6.54 Å². The number of aliphatic carboxylic acids is 1. The fraction of sp³-hybridized carbons (Fsp3) is 0.333. The molecule has 11 nitrogen and oxygen atoms in total. The highest BCUT2D eigenvalue weighted by atomic mass is 32.2. The van der Waals surface area contributed by atoms with Crippen LogP contribution < -0.4 is 10.0 Å². The van der Waals surface area contributed by atoms with E-state index in [1.807, 2.05) is 0 Å². The van der Waals surface area contributed by atoms with Gasteiger partial charge in [0.05, 0.1) is 23.3 Å². The van der Waals surface area contributed by atoms with Gasteiger partial charge in [0.15, 0.2) is 0 Å². The Labute approximate surface area is 199 Å².